The third-order valence-corrected chi connectivity index (χ3v) is 7.80. The summed E-state index contributed by atoms with van der Waals surface area (Å²) in [5.41, 5.74) is 6.09. The van der Waals surface area contributed by atoms with Crippen LogP contribution in [0.1, 0.15) is 11.1 Å². The topological polar surface area (TPSA) is 0 Å². The van der Waals surface area contributed by atoms with Crippen LogP contribution in [0.3, 0.4) is 0 Å². The number of hydrogen-bond acceptors (Lipinski definition) is 0. The number of rotatable bonds is 1. The molecule has 1 heteroatoms. The van der Waals surface area contributed by atoms with Gasteiger partial charge in [0.1, 0.15) is 0 Å². The summed E-state index contributed by atoms with van der Waals surface area (Å²) < 4.78 is 1.70. The summed E-state index contributed by atoms with van der Waals surface area (Å²) >= 11 is -1.25. The zero-order chi connectivity index (χ0) is 11.1. The SMILES string of the molecule is [CH3][Sn]([CH3])[c]1cccc2c1Cc1ccccc1-2. The van der Waals surface area contributed by atoms with E-state index in [1.807, 2.05) is 0 Å². The molecule has 0 atom stereocenters. The van der Waals surface area contributed by atoms with Crippen LogP contribution in [-0.4, -0.2) is 19.8 Å². The van der Waals surface area contributed by atoms with Crippen LogP contribution in [0.5, 0.6) is 0 Å². The third-order valence-electron chi connectivity index (χ3n) is 3.39. The van der Waals surface area contributed by atoms with E-state index in [1.54, 1.807) is 9.14 Å². The summed E-state index contributed by atoms with van der Waals surface area (Å²) in [6.45, 7) is 0. The van der Waals surface area contributed by atoms with Gasteiger partial charge in [0.05, 0.1) is 0 Å². The molecule has 2 aromatic carbocycles. The number of hydrogen-bond donors (Lipinski definition) is 0. The molecule has 0 saturated carbocycles. The van der Waals surface area contributed by atoms with E-state index in [0.29, 0.717) is 0 Å². The molecule has 1 radical (unpaired) electrons. The van der Waals surface area contributed by atoms with E-state index in [1.165, 1.54) is 16.7 Å². The van der Waals surface area contributed by atoms with Gasteiger partial charge in [0.15, 0.2) is 0 Å². The molecule has 0 bridgehead atoms. The van der Waals surface area contributed by atoms with Crippen molar-refractivity contribution in [3.63, 3.8) is 0 Å². The zero-order valence-electron chi connectivity index (χ0n) is 9.75. The van der Waals surface area contributed by atoms with Gasteiger partial charge < -0.3 is 0 Å². The standard InChI is InChI=1S/C13H9.2CH3.Sn/c1-3-7-12-10(5-1)9-11-6-2-4-8-13(11)12;;;/h1-5,7-8H,9H2;2*1H3;. The predicted octanol–water partition coefficient (Wildman–Crippen LogP) is 3.22. The molecular weight excluding hydrogens is 299 g/mol. The molecule has 3 rings (SSSR count). The second-order valence-electron chi connectivity index (χ2n) is 4.67. The van der Waals surface area contributed by atoms with Crippen molar-refractivity contribution in [3.8, 4) is 11.1 Å². The Morgan fingerprint density at radius 1 is 0.875 bits per heavy atom. The minimum atomic E-state index is -1.25. The zero-order valence-corrected chi connectivity index (χ0v) is 12.6. The molecule has 0 unspecified atom stereocenters. The molecule has 0 N–H and O–H groups in total. The average molecular weight is 314 g/mol. The van der Waals surface area contributed by atoms with Crippen LogP contribution in [0, 0.1) is 0 Å². The molecule has 1 aliphatic carbocycles. The molecule has 0 aromatic heterocycles. The normalized spacial score (nSPS) is 12.7. The molecule has 16 heavy (non-hydrogen) atoms. The molecular formula is C15H15Sn. The molecule has 0 heterocycles. The van der Waals surface area contributed by atoms with E-state index in [2.05, 4.69) is 52.3 Å². The summed E-state index contributed by atoms with van der Waals surface area (Å²) in [4.78, 5) is 4.95. The van der Waals surface area contributed by atoms with Crippen LogP contribution in [0.4, 0.5) is 0 Å². The molecule has 79 valence electrons. The van der Waals surface area contributed by atoms with Crippen molar-refractivity contribution >= 4 is 23.3 Å². The third kappa shape index (κ3) is 1.51. The Kier molecular flexibility index (Phi) is 2.55. The van der Waals surface area contributed by atoms with Crippen molar-refractivity contribution in [2.75, 3.05) is 0 Å². The van der Waals surface area contributed by atoms with E-state index >= 15 is 0 Å². The first kappa shape index (κ1) is 10.4. The summed E-state index contributed by atoms with van der Waals surface area (Å²) in [6.07, 6.45) is 1.16. The van der Waals surface area contributed by atoms with Gasteiger partial charge in [-0.2, -0.15) is 0 Å². The predicted molar refractivity (Wildman–Crippen MR) is 71.8 cm³/mol. The van der Waals surface area contributed by atoms with E-state index in [4.69, 9.17) is 0 Å². The van der Waals surface area contributed by atoms with Crippen LogP contribution >= 0.6 is 0 Å². The Hall–Kier alpha value is -0.761. The minimum absolute atomic E-state index is 1.16. The molecule has 0 amide bonds. The first-order valence-electron chi connectivity index (χ1n) is 5.78. The van der Waals surface area contributed by atoms with Crippen LogP contribution in [0.25, 0.3) is 11.1 Å². The second-order valence-corrected chi connectivity index (χ2v) is 11.9. The fourth-order valence-electron chi connectivity index (χ4n) is 2.63. The Labute approximate surface area is 104 Å². The number of fused-ring (bicyclic) bond motifs is 3. The molecule has 0 saturated heterocycles. The Morgan fingerprint density at radius 2 is 1.62 bits per heavy atom. The van der Waals surface area contributed by atoms with Gasteiger partial charge >= 0.3 is 104 Å². The fraction of sp³-hybridized carbons (Fsp3) is 0.200. The van der Waals surface area contributed by atoms with Crippen molar-refractivity contribution in [1.82, 2.24) is 0 Å². The van der Waals surface area contributed by atoms with E-state index < -0.39 is 19.8 Å². The molecule has 2 aromatic rings. The number of benzene rings is 2. The van der Waals surface area contributed by atoms with Crippen molar-refractivity contribution in [2.45, 2.75) is 16.3 Å². The van der Waals surface area contributed by atoms with Crippen molar-refractivity contribution in [3.05, 3.63) is 53.6 Å². The Bertz CT molecular complexity index is 541. The fourth-order valence-corrected chi connectivity index (χ4v) is 6.21. The quantitative estimate of drug-likeness (QED) is 0.605. The summed E-state index contributed by atoms with van der Waals surface area (Å²) in [5, 5.41) is 0. The maximum absolute atomic E-state index is 2.47. The van der Waals surface area contributed by atoms with Crippen LogP contribution in [-0.2, 0) is 6.42 Å². The molecule has 0 spiro atoms. The maximum atomic E-state index is 2.47. The van der Waals surface area contributed by atoms with Crippen molar-refractivity contribution < 1.29 is 0 Å². The van der Waals surface area contributed by atoms with Gasteiger partial charge in [0, 0.05) is 0 Å². The van der Waals surface area contributed by atoms with Gasteiger partial charge in [-0.3, -0.25) is 0 Å². The van der Waals surface area contributed by atoms with E-state index in [9.17, 15) is 0 Å². The van der Waals surface area contributed by atoms with Gasteiger partial charge in [0.25, 0.3) is 0 Å². The monoisotopic (exact) mass is 315 g/mol. The molecule has 0 fully saturated rings. The Balaban J connectivity index is 2.24. The van der Waals surface area contributed by atoms with Gasteiger partial charge in [-0.25, -0.2) is 0 Å². The average Bonchev–Trinajstić information content (AvgIpc) is 2.67. The first-order valence-corrected chi connectivity index (χ1v) is 12.9. The van der Waals surface area contributed by atoms with Gasteiger partial charge in [0.2, 0.25) is 0 Å². The van der Waals surface area contributed by atoms with Crippen LogP contribution in [0.2, 0.25) is 9.88 Å². The van der Waals surface area contributed by atoms with Crippen molar-refractivity contribution in [2.24, 2.45) is 0 Å². The van der Waals surface area contributed by atoms with E-state index in [-0.39, 0.29) is 0 Å². The summed E-state index contributed by atoms with van der Waals surface area (Å²) in [5.74, 6) is 0. The second kappa shape index (κ2) is 3.92. The van der Waals surface area contributed by atoms with Crippen LogP contribution in [0.15, 0.2) is 42.5 Å². The van der Waals surface area contributed by atoms with Gasteiger partial charge in [-0.05, 0) is 0 Å². The summed E-state index contributed by atoms with van der Waals surface area (Å²) in [6, 6.07) is 15.7. The molecule has 0 nitrogen and oxygen atoms in total. The van der Waals surface area contributed by atoms with Gasteiger partial charge in [-0.15, -0.1) is 0 Å². The summed E-state index contributed by atoms with van der Waals surface area (Å²) in [7, 11) is 0. The first-order chi connectivity index (χ1) is 7.77. The molecule has 0 aliphatic heterocycles. The molecule has 1 aliphatic rings. The van der Waals surface area contributed by atoms with Crippen molar-refractivity contribution in [1.29, 1.82) is 0 Å². The Morgan fingerprint density at radius 3 is 2.44 bits per heavy atom. The van der Waals surface area contributed by atoms with Gasteiger partial charge in [-0.1, -0.05) is 0 Å². The van der Waals surface area contributed by atoms with Crippen LogP contribution < -0.4 is 3.58 Å². The van der Waals surface area contributed by atoms with E-state index in [0.717, 1.165) is 6.42 Å².